The number of benzene rings is 2. The Bertz CT molecular complexity index is 970. The molecule has 0 radical (unpaired) electrons. The van der Waals surface area contributed by atoms with Crippen LogP contribution in [0.4, 0.5) is 14.7 Å². The lowest BCUT2D eigenvalue weighted by Gasteiger charge is -2.25. The van der Waals surface area contributed by atoms with Crippen LogP contribution in [0.25, 0.3) is 5.70 Å². The molecule has 0 amide bonds. The maximum Gasteiger partial charge on any atom is 0.387 e. The lowest BCUT2D eigenvalue weighted by atomic mass is 10.0. The second kappa shape index (κ2) is 7.06. The number of alkyl halides is 2. The maximum absolute atomic E-state index is 12.8. The highest BCUT2D eigenvalue weighted by Crippen LogP contribution is 2.36. The quantitative estimate of drug-likeness (QED) is 0.737. The second-order valence-corrected chi connectivity index (χ2v) is 5.82. The molecule has 27 heavy (non-hydrogen) atoms. The van der Waals surface area contributed by atoms with Gasteiger partial charge in [0.15, 0.2) is 0 Å². The van der Waals surface area contributed by atoms with Crippen molar-refractivity contribution in [2.75, 3.05) is 12.4 Å². The third-order valence-corrected chi connectivity index (χ3v) is 4.26. The molecule has 3 aromatic rings. The van der Waals surface area contributed by atoms with Crippen LogP contribution in [0.2, 0.25) is 0 Å². The van der Waals surface area contributed by atoms with Crippen LogP contribution in [0.3, 0.4) is 0 Å². The summed E-state index contributed by atoms with van der Waals surface area (Å²) in [6, 6.07) is 13.7. The van der Waals surface area contributed by atoms with Gasteiger partial charge in [0.1, 0.15) is 23.9 Å². The molecule has 138 valence electrons. The van der Waals surface area contributed by atoms with E-state index in [1.165, 1.54) is 12.4 Å². The van der Waals surface area contributed by atoms with Crippen LogP contribution in [0.5, 0.6) is 11.5 Å². The summed E-state index contributed by atoms with van der Waals surface area (Å²) in [5.41, 5.74) is 2.26. The molecule has 1 aliphatic heterocycles. The standard InChI is InChI=1S/C19H16F2N4O2/c1-26-13-8-6-12(7-9-13)15-10-16(25-19(24-15)22-11-23-25)14-4-2-3-5-17(14)27-18(20)21/h2-11,16,18H,1H3,(H,22,23,24). The number of halogens is 2. The van der Waals surface area contributed by atoms with Gasteiger partial charge in [-0.1, -0.05) is 18.2 Å². The number of nitrogens with zero attached hydrogens (tertiary/aromatic N) is 3. The van der Waals surface area contributed by atoms with E-state index >= 15 is 0 Å². The number of aromatic nitrogens is 3. The SMILES string of the molecule is COc1ccc(C2=CC(c3ccccc3OC(F)F)n3ncnc3N2)cc1. The number of anilines is 1. The van der Waals surface area contributed by atoms with Gasteiger partial charge < -0.3 is 14.8 Å². The van der Waals surface area contributed by atoms with Gasteiger partial charge >= 0.3 is 6.61 Å². The minimum absolute atomic E-state index is 0.103. The monoisotopic (exact) mass is 370 g/mol. The Balaban J connectivity index is 1.78. The normalized spacial score (nSPS) is 15.7. The summed E-state index contributed by atoms with van der Waals surface area (Å²) in [5, 5.41) is 7.44. The smallest absolute Gasteiger partial charge is 0.387 e. The minimum Gasteiger partial charge on any atom is -0.497 e. The number of hydrogen-bond acceptors (Lipinski definition) is 5. The highest BCUT2D eigenvalue weighted by Gasteiger charge is 2.26. The average Bonchev–Trinajstić information content (AvgIpc) is 3.16. The zero-order valence-electron chi connectivity index (χ0n) is 14.3. The van der Waals surface area contributed by atoms with Gasteiger partial charge in [-0.2, -0.15) is 18.9 Å². The lowest BCUT2D eigenvalue weighted by molar-refractivity contribution is -0.0506. The summed E-state index contributed by atoms with van der Waals surface area (Å²) in [4.78, 5) is 4.22. The van der Waals surface area contributed by atoms with Crippen LogP contribution in [0.15, 0.2) is 60.9 Å². The van der Waals surface area contributed by atoms with Crippen LogP contribution in [0.1, 0.15) is 17.2 Å². The topological polar surface area (TPSA) is 61.2 Å². The Labute approximate surface area is 154 Å². The number of para-hydroxylation sites is 1. The van der Waals surface area contributed by atoms with Gasteiger partial charge in [-0.25, -0.2) is 4.68 Å². The van der Waals surface area contributed by atoms with E-state index in [2.05, 4.69) is 15.4 Å². The number of rotatable bonds is 5. The zero-order valence-corrected chi connectivity index (χ0v) is 14.3. The van der Waals surface area contributed by atoms with Gasteiger partial charge in [-0.3, -0.25) is 0 Å². The van der Waals surface area contributed by atoms with Crippen molar-refractivity contribution in [2.24, 2.45) is 0 Å². The van der Waals surface area contributed by atoms with E-state index in [-0.39, 0.29) is 5.75 Å². The first-order valence-corrected chi connectivity index (χ1v) is 8.22. The van der Waals surface area contributed by atoms with Crippen LogP contribution in [0, 0.1) is 0 Å². The van der Waals surface area contributed by atoms with Crippen molar-refractivity contribution in [3.05, 3.63) is 72.1 Å². The summed E-state index contributed by atoms with van der Waals surface area (Å²) >= 11 is 0. The van der Waals surface area contributed by atoms with Gasteiger partial charge in [-0.15, -0.1) is 0 Å². The van der Waals surface area contributed by atoms with Crippen LogP contribution < -0.4 is 14.8 Å². The first-order chi connectivity index (χ1) is 13.2. The Kier molecular flexibility index (Phi) is 4.45. The van der Waals surface area contributed by atoms with Crippen molar-refractivity contribution >= 4 is 11.6 Å². The second-order valence-electron chi connectivity index (χ2n) is 5.82. The summed E-state index contributed by atoms with van der Waals surface area (Å²) in [5.74, 6) is 1.36. The molecular weight excluding hydrogens is 354 g/mol. The lowest BCUT2D eigenvalue weighted by Crippen LogP contribution is -2.21. The third-order valence-electron chi connectivity index (χ3n) is 4.26. The molecule has 2 heterocycles. The fourth-order valence-electron chi connectivity index (χ4n) is 3.02. The Morgan fingerprint density at radius 1 is 1.11 bits per heavy atom. The van der Waals surface area contributed by atoms with E-state index in [0.29, 0.717) is 11.5 Å². The van der Waals surface area contributed by atoms with Crippen molar-refractivity contribution in [2.45, 2.75) is 12.7 Å². The first kappa shape index (κ1) is 17.0. The Morgan fingerprint density at radius 2 is 1.89 bits per heavy atom. The molecule has 2 aromatic carbocycles. The van der Waals surface area contributed by atoms with Gasteiger partial charge in [-0.05, 0) is 42.0 Å². The number of hydrogen-bond donors (Lipinski definition) is 1. The molecule has 0 bridgehead atoms. The van der Waals surface area contributed by atoms with Gasteiger partial charge in [0, 0.05) is 11.3 Å². The van der Waals surface area contributed by atoms with Crippen molar-refractivity contribution in [3.63, 3.8) is 0 Å². The number of nitrogens with one attached hydrogen (secondary N) is 1. The zero-order chi connectivity index (χ0) is 18.8. The molecule has 1 aromatic heterocycles. The molecule has 6 nitrogen and oxygen atoms in total. The van der Waals surface area contributed by atoms with E-state index < -0.39 is 12.7 Å². The first-order valence-electron chi connectivity index (χ1n) is 8.22. The average molecular weight is 370 g/mol. The predicted molar refractivity (Wildman–Crippen MR) is 95.8 cm³/mol. The molecule has 8 heteroatoms. The maximum atomic E-state index is 12.8. The fraction of sp³-hybridized carbons (Fsp3) is 0.158. The van der Waals surface area contributed by atoms with E-state index in [0.717, 1.165) is 17.0 Å². The molecule has 0 saturated carbocycles. The number of ether oxygens (including phenoxy) is 2. The fourth-order valence-corrected chi connectivity index (χ4v) is 3.02. The van der Waals surface area contributed by atoms with E-state index in [1.807, 2.05) is 30.3 Å². The summed E-state index contributed by atoms with van der Waals surface area (Å²) in [6.07, 6.45) is 3.31. The van der Waals surface area contributed by atoms with Crippen molar-refractivity contribution < 1.29 is 18.3 Å². The molecule has 4 rings (SSSR count). The Morgan fingerprint density at radius 3 is 2.63 bits per heavy atom. The highest BCUT2D eigenvalue weighted by molar-refractivity contribution is 5.77. The van der Waals surface area contributed by atoms with Crippen LogP contribution in [-0.4, -0.2) is 28.5 Å². The molecule has 1 aliphatic rings. The molecule has 1 N–H and O–H groups in total. The van der Waals surface area contributed by atoms with Crippen molar-refractivity contribution in [1.82, 2.24) is 14.8 Å². The van der Waals surface area contributed by atoms with Gasteiger partial charge in [0.05, 0.1) is 7.11 Å². The van der Waals surface area contributed by atoms with Crippen molar-refractivity contribution in [3.8, 4) is 11.5 Å². The van der Waals surface area contributed by atoms with Gasteiger partial charge in [0.25, 0.3) is 0 Å². The van der Waals surface area contributed by atoms with Crippen LogP contribution in [-0.2, 0) is 0 Å². The van der Waals surface area contributed by atoms with E-state index in [1.54, 1.807) is 30.0 Å². The number of methoxy groups -OCH3 is 1. The molecule has 0 spiro atoms. The minimum atomic E-state index is -2.91. The molecule has 0 saturated heterocycles. The molecule has 1 unspecified atom stereocenters. The summed E-state index contributed by atoms with van der Waals surface area (Å²) in [7, 11) is 1.60. The third kappa shape index (κ3) is 3.33. The van der Waals surface area contributed by atoms with E-state index in [9.17, 15) is 8.78 Å². The van der Waals surface area contributed by atoms with E-state index in [4.69, 9.17) is 9.47 Å². The summed E-state index contributed by atoms with van der Waals surface area (Å²) in [6.45, 7) is -2.91. The molecular formula is C19H16F2N4O2. The van der Waals surface area contributed by atoms with Crippen LogP contribution >= 0.6 is 0 Å². The van der Waals surface area contributed by atoms with Gasteiger partial charge in [0.2, 0.25) is 5.95 Å². The Hall–Kier alpha value is -3.42. The molecule has 0 fully saturated rings. The molecule has 1 atom stereocenters. The largest absolute Gasteiger partial charge is 0.497 e. The number of fused-ring (bicyclic) bond motifs is 1. The van der Waals surface area contributed by atoms with Crippen molar-refractivity contribution in [1.29, 1.82) is 0 Å². The highest BCUT2D eigenvalue weighted by atomic mass is 19.3. The predicted octanol–water partition coefficient (Wildman–Crippen LogP) is 3.94. The summed E-state index contributed by atoms with van der Waals surface area (Å²) < 4.78 is 37.2. The number of allylic oxidation sites excluding steroid dienone is 1. The molecule has 0 aliphatic carbocycles.